The summed E-state index contributed by atoms with van der Waals surface area (Å²) < 4.78 is 0. The summed E-state index contributed by atoms with van der Waals surface area (Å²) in [4.78, 5) is 8.31. The number of hydrogen-bond acceptors (Lipinski definition) is 8. The van der Waals surface area contributed by atoms with Crippen molar-refractivity contribution in [3.05, 3.63) is 6.07 Å². The summed E-state index contributed by atoms with van der Waals surface area (Å²) >= 11 is 1.37. The zero-order chi connectivity index (χ0) is 12.9. The van der Waals surface area contributed by atoms with Crippen LogP contribution in [-0.2, 0) is 0 Å². The molecule has 0 aliphatic rings. The van der Waals surface area contributed by atoms with Crippen LogP contribution >= 0.6 is 11.8 Å². The van der Waals surface area contributed by atoms with Gasteiger partial charge in [-0.2, -0.15) is 0 Å². The minimum atomic E-state index is -0.837. The number of aromatic nitrogens is 2. The number of nitrogens with two attached hydrogens (primary N) is 1. The average Bonchev–Trinajstić information content (AvgIpc) is 2.37. The van der Waals surface area contributed by atoms with Crippen LogP contribution in [0.5, 0.6) is 0 Å². The molecule has 0 amide bonds. The van der Waals surface area contributed by atoms with Crippen molar-refractivity contribution in [3.63, 3.8) is 0 Å². The van der Waals surface area contributed by atoms with Crippen LogP contribution in [0.1, 0.15) is 6.92 Å². The molecule has 0 saturated heterocycles. The van der Waals surface area contributed by atoms with E-state index in [2.05, 4.69) is 20.7 Å². The van der Waals surface area contributed by atoms with Gasteiger partial charge in [0.15, 0.2) is 5.16 Å². The van der Waals surface area contributed by atoms with E-state index in [4.69, 9.17) is 5.84 Å². The Morgan fingerprint density at radius 1 is 1.35 bits per heavy atom. The molecule has 0 bridgehead atoms. The van der Waals surface area contributed by atoms with Crippen LogP contribution in [0.25, 0.3) is 0 Å². The van der Waals surface area contributed by atoms with E-state index in [-0.39, 0.29) is 13.2 Å². The largest absolute Gasteiger partial charge is 0.394 e. The van der Waals surface area contributed by atoms with Gasteiger partial charge in [0.05, 0.1) is 18.8 Å². The van der Waals surface area contributed by atoms with Crippen molar-refractivity contribution >= 4 is 23.4 Å². The van der Waals surface area contributed by atoms with Gasteiger partial charge in [0, 0.05) is 6.07 Å². The first-order valence-corrected chi connectivity index (χ1v) is 6.19. The smallest absolute Gasteiger partial charge is 0.191 e. The van der Waals surface area contributed by atoms with E-state index >= 15 is 0 Å². The second kappa shape index (κ2) is 6.01. The van der Waals surface area contributed by atoms with E-state index in [1.54, 1.807) is 13.0 Å². The number of aliphatic hydroxyl groups excluding tert-OH is 2. The summed E-state index contributed by atoms with van der Waals surface area (Å²) in [6, 6.07) is 1.60. The van der Waals surface area contributed by atoms with Crippen LogP contribution in [-0.4, -0.2) is 45.2 Å². The Morgan fingerprint density at radius 3 is 2.41 bits per heavy atom. The Kier molecular flexibility index (Phi) is 4.94. The molecule has 0 spiro atoms. The molecule has 0 unspecified atom stereocenters. The molecule has 0 aliphatic heterocycles. The van der Waals surface area contributed by atoms with Crippen LogP contribution in [0.15, 0.2) is 11.2 Å². The lowest BCUT2D eigenvalue weighted by Gasteiger charge is -2.27. The average molecular weight is 259 g/mol. The van der Waals surface area contributed by atoms with Crippen molar-refractivity contribution in [2.75, 3.05) is 30.2 Å². The Hall–Kier alpha value is -1.09. The summed E-state index contributed by atoms with van der Waals surface area (Å²) in [6.07, 6.45) is 1.84. The molecule has 0 aliphatic carbocycles. The number of thioether (sulfide) groups is 1. The lowest BCUT2D eigenvalue weighted by atomic mass is 10.1. The molecule has 0 saturated carbocycles. The van der Waals surface area contributed by atoms with Crippen LogP contribution < -0.4 is 16.6 Å². The molecule has 0 atom stereocenters. The van der Waals surface area contributed by atoms with Gasteiger partial charge in [0.2, 0.25) is 0 Å². The third kappa shape index (κ3) is 3.70. The second-order valence-corrected chi connectivity index (χ2v) is 4.54. The Balaban J connectivity index is 2.97. The van der Waals surface area contributed by atoms with E-state index < -0.39 is 5.54 Å². The Morgan fingerprint density at radius 2 is 1.94 bits per heavy atom. The van der Waals surface area contributed by atoms with Crippen molar-refractivity contribution in [1.29, 1.82) is 0 Å². The number of hydrazine groups is 1. The van der Waals surface area contributed by atoms with E-state index in [1.165, 1.54) is 11.8 Å². The van der Waals surface area contributed by atoms with Gasteiger partial charge < -0.3 is 21.0 Å². The topological polar surface area (TPSA) is 116 Å². The molecule has 17 heavy (non-hydrogen) atoms. The van der Waals surface area contributed by atoms with Crippen molar-refractivity contribution in [1.82, 2.24) is 9.97 Å². The highest BCUT2D eigenvalue weighted by Crippen LogP contribution is 2.19. The number of rotatable bonds is 6. The van der Waals surface area contributed by atoms with Crippen LogP contribution in [0.4, 0.5) is 11.6 Å². The highest BCUT2D eigenvalue weighted by atomic mass is 32.2. The number of hydrogen-bond donors (Lipinski definition) is 5. The van der Waals surface area contributed by atoms with Crippen molar-refractivity contribution in [2.45, 2.75) is 17.6 Å². The van der Waals surface area contributed by atoms with Crippen LogP contribution in [0, 0.1) is 0 Å². The third-order valence-electron chi connectivity index (χ3n) is 2.16. The maximum atomic E-state index is 9.19. The third-order valence-corrected chi connectivity index (χ3v) is 2.71. The van der Waals surface area contributed by atoms with Crippen molar-refractivity contribution in [3.8, 4) is 0 Å². The fourth-order valence-corrected chi connectivity index (χ4v) is 1.47. The lowest BCUT2D eigenvalue weighted by Crippen LogP contribution is -2.42. The van der Waals surface area contributed by atoms with Gasteiger partial charge in [-0.05, 0) is 13.2 Å². The molecule has 96 valence electrons. The maximum Gasteiger partial charge on any atom is 0.191 e. The Bertz CT molecular complexity index is 350. The zero-order valence-electron chi connectivity index (χ0n) is 9.77. The predicted molar refractivity (Wildman–Crippen MR) is 67.8 cm³/mol. The van der Waals surface area contributed by atoms with Crippen molar-refractivity contribution in [2.24, 2.45) is 5.84 Å². The molecular weight excluding hydrogens is 242 g/mol. The molecule has 1 heterocycles. The Labute approximate surface area is 104 Å². The summed E-state index contributed by atoms with van der Waals surface area (Å²) in [7, 11) is 0. The normalized spacial score (nSPS) is 11.4. The number of nitrogens with zero attached hydrogens (tertiary/aromatic N) is 2. The lowest BCUT2D eigenvalue weighted by molar-refractivity contribution is 0.147. The maximum absolute atomic E-state index is 9.19. The van der Waals surface area contributed by atoms with E-state index in [1.807, 2.05) is 6.26 Å². The molecule has 0 aromatic carbocycles. The number of nitrogen functional groups attached to an aromatic ring is 1. The first-order valence-electron chi connectivity index (χ1n) is 4.96. The number of aliphatic hydroxyl groups is 2. The molecule has 1 rings (SSSR count). The first kappa shape index (κ1) is 14.0. The monoisotopic (exact) mass is 259 g/mol. The zero-order valence-corrected chi connectivity index (χ0v) is 10.6. The summed E-state index contributed by atoms with van der Waals surface area (Å²) in [5, 5.41) is 21.9. The molecule has 0 radical (unpaired) electrons. The summed E-state index contributed by atoms with van der Waals surface area (Å²) in [6.45, 7) is 1.25. The molecular formula is C9H17N5O2S. The standard InChI is InChI=1S/C9H17N5O2S/c1-9(4-15,5-16)13-6-3-7(14-10)12-8(11-6)17-2/h3,15-16H,4-5,10H2,1-2H3,(H2,11,12,13,14). The fraction of sp³-hybridized carbons (Fsp3) is 0.556. The highest BCUT2D eigenvalue weighted by Gasteiger charge is 2.22. The molecule has 6 N–H and O–H groups in total. The predicted octanol–water partition coefficient (Wildman–Crippen LogP) is -0.361. The minimum Gasteiger partial charge on any atom is -0.394 e. The van der Waals surface area contributed by atoms with E-state index in [0.717, 1.165) is 0 Å². The van der Waals surface area contributed by atoms with E-state index in [9.17, 15) is 10.2 Å². The van der Waals surface area contributed by atoms with Crippen LogP contribution in [0.3, 0.4) is 0 Å². The van der Waals surface area contributed by atoms with Gasteiger partial charge in [0.25, 0.3) is 0 Å². The molecule has 1 aromatic rings. The molecule has 0 fully saturated rings. The summed E-state index contributed by atoms with van der Waals surface area (Å²) in [5.74, 6) is 6.25. The van der Waals surface area contributed by atoms with E-state index in [0.29, 0.717) is 16.8 Å². The SMILES string of the molecule is CSc1nc(NN)cc(NC(C)(CO)CO)n1. The highest BCUT2D eigenvalue weighted by molar-refractivity contribution is 7.98. The fourth-order valence-electron chi connectivity index (χ4n) is 1.09. The number of anilines is 2. The van der Waals surface area contributed by atoms with Gasteiger partial charge in [-0.3, -0.25) is 0 Å². The quantitative estimate of drug-likeness (QED) is 0.203. The minimum absolute atomic E-state index is 0.215. The number of nitrogens with one attached hydrogen (secondary N) is 2. The first-order chi connectivity index (χ1) is 8.06. The molecule has 7 nitrogen and oxygen atoms in total. The molecule has 8 heteroatoms. The van der Waals surface area contributed by atoms with Gasteiger partial charge in [0.1, 0.15) is 11.6 Å². The van der Waals surface area contributed by atoms with Crippen molar-refractivity contribution < 1.29 is 10.2 Å². The van der Waals surface area contributed by atoms with Gasteiger partial charge in [-0.15, -0.1) is 0 Å². The second-order valence-electron chi connectivity index (χ2n) is 3.77. The van der Waals surface area contributed by atoms with Gasteiger partial charge in [-0.25, -0.2) is 15.8 Å². The summed E-state index contributed by atoms with van der Waals surface area (Å²) in [5.41, 5.74) is 1.60. The molecule has 1 aromatic heterocycles. The van der Waals surface area contributed by atoms with Crippen LogP contribution in [0.2, 0.25) is 0 Å². The van der Waals surface area contributed by atoms with Gasteiger partial charge >= 0.3 is 0 Å². The van der Waals surface area contributed by atoms with Gasteiger partial charge in [-0.1, -0.05) is 11.8 Å².